The predicted molar refractivity (Wildman–Crippen MR) is 86.1 cm³/mol. The summed E-state index contributed by atoms with van der Waals surface area (Å²) >= 11 is 5.98. The van der Waals surface area contributed by atoms with E-state index < -0.39 is 0 Å². The third-order valence-corrected chi connectivity index (χ3v) is 3.87. The molecule has 3 nitrogen and oxygen atoms in total. The van der Waals surface area contributed by atoms with Crippen molar-refractivity contribution in [1.29, 1.82) is 0 Å². The van der Waals surface area contributed by atoms with Crippen LogP contribution in [0.3, 0.4) is 0 Å². The van der Waals surface area contributed by atoms with Gasteiger partial charge in [-0.3, -0.25) is 4.79 Å². The summed E-state index contributed by atoms with van der Waals surface area (Å²) < 4.78 is 0. The van der Waals surface area contributed by atoms with Crippen molar-refractivity contribution in [3.05, 3.63) is 74.2 Å². The molecule has 1 N–H and O–H groups in total. The van der Waals surface area contributed by atoms with Crippen LogP contribution in [-0.2, 0) is 6.42 Å². The van der Waals surface area contributed by atoms with E-state index in [1.54, 1.807) is 0 Å². The van der Waals surface area contributed by atoms with E-state index in [4.69, 9.17) is 11.6 Å². The van der Waals surface area contributed by atoms with E-state index in [9.17, 15) is 4.79 Å². The first kappa shape index (κ1) is 13.8. The van der Waals surface area contributed by atoms with Crippen molar-refractivity contribution in [3.8, 4) is 0 Å². The number of aromatic nitrogens is 2. The molecule has 0 unspecified atom stereocenters. The Labute approximate surface area is 127 Å². The zero-order chi connectivity index (χ0) is 15.0. The standard InChI is InChI=1S/C17H15ClN2O/c1-10-6-14-15(7-11(10)2)20-17(21)16(19-14)9-12-4-3-5-13(18)8-12/h3-8H,9H2,1-2H3,(H,20,21). The van der Waals surface area contributed by atoms with Gasteiger partial charge in [-0.1, -0.05) is 23.7 Å². The van der Waals surface area contributed by atoms with Crippen molar-refractivity contribution in [2.45, 2.75) is 20.3 Å². The maximum atomic E-state index is 12.2. The Balaban J connectivity index is 2.08. The molecule has 3 aromatic rings. The third kappa shape index (κ3) is 2.83. The summed E-state index contributed by atoms with van der Waals surface area (Å²) in [7, 11) is 0. The fourth-order valence-corrected chi connectivity index (χ4v) is 2.56. The van der Waals surface area contributed by atoms with Crippen LogP contribution in [0.4, 0.5) is 0 Å². The number of rotatable bonds is 2. The van der Waals surface area contributed by atoms with Crippen molar-refractivity contribution in [3.63, 3.8) is 0 Å². The Hall–Kier alpha value is -2.13. The van der Waals surface area contributed by atoms with Crippen LogP contribution in [0.5, 0.6) is 0 Å². The summed E-state index contributed by atoms with van der Waals surface area (Å²) in [4.78, 5) is 19.6. The SMILES string of the molecule is Cc1cc2nc(Cc3cccc(Cl)c3)c(=O)[nH]c2cc1C. The molecule has 4 heteroatoms. The number of nitrogens with zero attached hydrogens (tertiary/aromatic N) is 1. The number of aryl methyl sites for hydroxylation is 2. The van der Waals surface area contributed by atoms with Gasteiger partial charge < -0.3 is 4.98 Å². The van der Waals surface area contributed by atoms with Gasteiger partial charge in [0.05, 0.1) is 11.0 Å². The zero-order valence-electron chi connectivity index (χ0n) is 11.9. The van der Waals surface area contributed by atoms with E-state index >= 15 is 0 Å². The van der Waals surface area contributed by atoms with Gasteiger partial charge >= 0.3 is 0 Å². The Morgan fingerprint density at radius 3 is 2.67 bits per heavy atom. The van der Waals surface area contributed by atoms with Gasteiger partial charge in [0, 0.05) is 11.4 Å². The number of benzene rings is 2. The van der Waals surface area contributed by atoms with Gasteiger partial charge in [0.25, 0.3) is 5.56 Å². The van der Waals surface area contributed by atoms with Gasteiger partial charge in [0.1, 0.15) is 5.69 Å². The first-order valence-electron chi connectivity index (χ1n) is 6.77. The number of fused-ring (bicyclic) bond motifs is 1. The largest absolute Gasteiger partial charge is 0.319 e. The van der Waals surface area contributed by atoms with E-state index in [0.29, 0.717) is 17.1 Å². The minimum Gasteiger partial charge on any atom is -0.319 e. The average molecular weight is 299 g/mol. The molecule has 2 aromatic carbocycles. The number of halogens is 1. The monoisotopic (exact) mass is 298 g/mol. The molecule has 106 valence electrons. The van der Waals surface area contributed by atoms with Crippen molar-refractivity contribution >= 4 is 22.6 Å². The number of aromatic amines is 1. The fourth-order valence-electron chi connectivity index (χ4n) is 2.34. The smallest absolute Gasteiger partial charge is 0.270 e. The number of hydrogen-bond acceptors (Lipinski definition) is 2. The molecule has 1 heterocycles. The van der Waals surface area contributed by atoms with Gasteiger partial charge in [-0.2, -0.15) is 0 Å². The van der Waals surface area contributed by atoms with Crippen LogP contribution in [0.2, 0.25) is 5.02 Å². The van der Waals surface area contributed by atoms with Gasteiger partial charge in [-0.15, -0.1) is 0 Å². The summed E-state index contributed by atoms with van der Waals surface area (Å²) in [5.41, 5.74) is 5.23. The van der Waals surface area contributed by atoms with E-state index in [-0.39, 0.29) is 5.56 Å². The number of H-pyrrole nitrogens is 1. The van der Waals surface area contributed by atoms with E-state index in [2.05, 4.69) is 9.97 Å². The van der Waals surface area contributed by atoms with Crippen LogP contribution < -0.4 is 5.56 Å². The predicted octanol–water partition coefficient (Wildman–Crippen LogP) is 3.78. The third-order valence-electron chi connectivity index (χ3n) is 3.64. The first-order chi connectivity index (χ1) is 10.0. The molecule has 0 atom stereocenters. The molecule has 0 aliphatic carbocycles. The molecular formula is C17H15ClN2O. The van der Waals surface area contributed by atoms with E-state index in [1.165, 1.54) is 0 Å². The first-order valence-corrected chi connectivity index (χ1v) is 7.15. The van der Waals surface area contributed by atoms with Gasteiger partial charge in [-0.25, -0.2) is 4.98 Å². The second-order valence-corrected chi connectivity index (χ2v) is 5.71. The summed E-state index contributed by atoms with van der Waals surface area (Å²) in [6, 6.07) is 11.4. The molecule has 0 spiro atoms. The maximum Gasteiger partial charge on any atom is 0.270 e. The molecule has 0 radical (unpaired) electrons. The Bertz CT molecular complexity index is 884. The van der Waals surface area contributed by atoms with Crippen molar-refractivity contribution < 1.29 is 0 Å². The maximum absolute atomic E-state index is 12.2. The highest BCUT2D eigenvalue weighted by molar-refractivity contribution is 6.30. The Morgan fingerprint density at radius 2 is 1.90 bits per heavy atom. The van der Waals surface area contributed by atoms with Gasteiger partial charge in [0.15, 0.2) is 0 Å². The molecule has 0 amide bonds. The summed E-state index contributed by atoms with van der Waals surface area (Å²) in [5.74, 6) is 0. The Kier molecular flexibility index (Phi) is 3.52. The fraction of sp³-hybridized carbons (Fsp3) is 0.176. The van der Waals surface area contributed by atoms with Gasteiger partial charge in [0.2, 0.25) is 0 Å². The molecule has 0 aliphatic rings. The molecule has 1 aromatic heterocycles. The van der Waals surface area contributed by atoms with E-state index in [1.807, 2.05) is 50.2 Å². The topological polar surface area (TPSA) is 45.8 Å². The lowest BCUT2D eigenvalue weighted by atomic mass is 10.1. The minimum atomic E-state index is -0.147. The van der Waals surface area contributed by atoms with Crippen LogP contribution in [0.15, 0.2) is 41.2 Å². The summed E-state index contributed by atoms with van der Waals surface area (Å²) in [6.45, 7) is 4.06. The van der Waals surface area contributed by atoms with Crippen LogP contribution in [0.1, 0.15) is 22.4 Å². The van der Waals surface area contributed by atoms with Crippen LogP contribution in [0.25, 0.3) is 11.0 Å². The van der Waals surface area contributed by atoms with Crippen molar-refractivity contribution in [1.82, 2.24) is 9.97 Å². The molecule has 21 heavy (non-hydrogen) atoms. The van der Waals surface area contributed by atoms with E-state index in [0.717, 1.165) is 27.7 Å². The lowest BCUT2D eigenvalue weighted by molar-refractivity contribution is 1.03. The quantitative estimate of drug-likeness (QED) is 0.782. The summed E-state index contributed by atoms with van der Waals surface area (Å²) in [6.07, 6.45) is 0.471. The zero-order valence-corrected chi connectivity index (χ0v) is 12.7. The van der Waals surface area contributed by atoms with Crippen molar-refractivity contribution in [2.75, 3.05) is 0 Å². The number of hydrogen-bond donors (Lipinski definition) is 1. The van der Waals surface area contributed by atoms with Gasteiger partial charge in [-0.05, 0) is 54.8 Å². The average Bonchev–Trinajstić information content (AvgIpc) is 2.42. The second kappa shape index (κ2) is 5.34. The second-order valence-electron chi connectivity index (χ2n) is 5.27. The molecule has 0 aliphatic heterocycles. The highest BCUT2D eigenvalue weighted by Gasteiger charge is 2.07. The molecular weight excluding hydrogens is 284 g/mol. The molecule has 0 saturated heterocycles. The molecule has 0 bridgehead atoms. The molecule has 0 fully saturated rings. The Morgan fingerprint density at radius 1 is 1.14 bits per heavy atom. The highest BCUT2D eigenvalue weighted by Crippen LogP contribution is 2.16. The van der Waals surface area contributed by atoms with Crippen LogP contribution >= 0.6 is 11.6 Å². The summed E-state index contributed by atoms with van der Waals surface area (Å²) in [5, 5.41) is 0.663. The minimum absolute atomic E-state index is 0.147. The highest BCUT2D eigenvalue weighted by atomic mass is 35.5. The van der Waals surface area contributed by atoms with Crippen LogP contribution in [-0.4, -0.2) is 9.97 Å². The molecule has 3 rings (SSSR count). The lowest BCUT2D eigenvalue weighted by Gasteiger charge is -2.06. The normalized spacial score (nSPS) is 11.0. The lowest BCUT2D eigenvalue weighted by Crippen LogP contribution is -2.15. The van der Waals surface area contributed by atoms with Crippen molar-refractivity contribution in [2.24, 2.45) is 0 Å². The molecule has 0 saturated carbocycles. The number of nitrogens with one attached hydrogen (secondary N) is 1. The van der Waals surface area contributed by atoms with Crippen LogP contribution in [0, 0.1) is 13.8 Å².